The number of halogens is 3. The van der Waals surface area contributed by atoms with Crippen molar-refractivity contribution in [1.82, 2.24) is 9.97 Å². The normalized spacial score (nSPS) is 11.4. The average molecular weight is 574 g/mol. The van der Waals surface area contributed by atoms with Gasteiger partial charge in [-0.2, -0.15) is 4.98 Å². The number of carbonyl (C=O) groups excluding carboxylic acids is 1. The van der Waals surface area contributed by atoms with Gasteiger partial charge in [-0.15, -0.1) is 13.2 Å². The lowest BCUT2D eigenvalue weighted by atomic mass is 10.2. The lowest BCUT2D eigenvalue weighted by Crippen LogP contribution is -2.20. The number of nitrogens with one attached hydrogen (secondary N) is 3. The van der Waals surface area contributed by atoms with Crippen molar-refractivity contribution in [3.8, 4) is 5.75 Å². The van der Waals surface area contributed by atoms with Crippen LogP contribution in [0.5, 0.6) is 5.75 Å². The molecule has 0 spiro atoms. The predicted octanol–water partition coefficient (Wildman–Crippen LogP) is 5.18. The first-order valence-corrected chi connectivity index (χ1v) is 12.9. The second-order valence-corrected chi connectivity index (χ2v) is 9.75. The molecular formula is C25H22F3N7O4S. The minimum absolute atomic E-state index is 0.0541. The Kier molecular flexibility index (Phi) is 8.06. The number of benzene rings is 3. The molecule has 2 amide bonds. The predicted molar refractivity (Wildman–Crippen MR) is 143 cm³/mol. The number of nitrogens with two attached hydrogens (primary N) is 1. The number of sulfonamides is 1. The molecule has 4 aromatic rings. The summed E-state index contributed by atoms with van der Waals surface area (Å²) < 4.78 is 63.8. The van der Waals surface area contributed by atoms with E-state index in [1.807, 2.05) is 0 Å². The van der Waals surface area contributed by atoms with Crippen molar-refractivity contribution in [3.05, 3.63) is 85.1 Å². The van der Waals surface area contributed by atoms with Crippen molar-refractivity contribution in [2.75, 3.05) is 27.9 Å². The van der Waals surface area contributed by atoms with Gasteiger partial charge >= 0.3 is 12.4 Å². The smallest absolute Gasteiger partial charge is 0.406 e. The number of hydrogen-bond donors (Lipinski definition) is 4. The number of nitrogens with zero attached hydrogens (tertiary/aromatic N) is 3. The fraction of sp³-hybridized carbons (Fsp3) is 0.0800. The Morgan fingerprint density at radius 2 is 1.55 bits per heavy atom. The Bertz CT molecular complexity index is 1600. The summed E-state index contributed by atoms with van der Waals surface area (Å²) in [6.07, 6.45) is -3.27. The topological polar surface area (TPSA) is 152 Å². The van der Waals surface area contributed by atoms with Gasteiger partial charge in [0.1, 0.15) is 11.6 Å². The molecule has 0 aliphatic heterocycles. The molecule has 0 aliphatic carbocycles. The molecule has 0 saturated carbocycles. The number of carbonyl (C=O) groups is 1. The molecule has 0 bridgehead atoms. The molecule has 3 aromatic carbocycles. The van der Waals surface area contributed by atoms with Gasteiger partial charge in [0, 0.05) is 36.0 Å². The van der Waals surface area contributed by atoms with Gasteiger partial charge in [0.25, 0.3) is 0 Å². The SMILES string of the molecule is CN(c1ccc(NC(=O)Nc2ccc(OC(F)(F)F)cc2)cc1)c1ccnc(Nc2cccc(S(N)(=O)=O)c2)n1. The molecule has 4 rings (SSSR count). The second kappa shape index (κ2) is 11.5. The molecule has 0 fully saturated rings. The van der Waals surface area contributed by atoms with Gasteiger partial charge in [0.15, 0.2) is 0 Å². The standard InChI is InChI=1S/C25H22F3N7O4S/c1-35(22-13-14-30-23(34-22)31-18-3-2-4-21(15-18)40(29,37)38)19-9-5-16(6-10-19)32-24(36)33-17-7-11-20(12-8-17)39-25(26,27)28/h2-15H,1H3,(H2,29,37,38)(H,30,31,34)(H2,32,33,36). The van der Waals surface area contributed by atoms with Gasteiger partial charge in [-0.1, -0.05) is 6.07 Å². The van der Waals surface area contributed by atoms with E-state index in [1.54, 1.807) is 48.3 Å². The Labute approximate surface area is 226 Å². The van der Waals surface area contributed by atoms with Gasteiger partial charge in [0.05, 0.1) is 4.90 Å². The first-order chi connectivity index (χ1) is 18.9. The summed E-state index contributed by atoms with van der Waals surface area (Å²) in [5.41, 5.74) is 1.90. The van der Waals surface area contributed by atoms with Crippen LogP contribution in [-0.4, -0.2) is 37.8 Å². The number of aromatic nitrogens is 2. The largest absolute Gasteiger partial charge is 0.573 e. The first kappa shape index (κ1) is 28.1. The van der Waals surface area contributed by atoms with E-state index in [1.165, 1.54) is 36.5 Å². The van der Waals surface area contributed by atoms with Crippen molar-refractivity contribution in [2.24, 2.45) is 5.14 Å². The highest BCUT2D eigenvalue weighted by atomic mass is 32.2. The monoisotopic (exact) mass is 573 g/mol. The van der Waals surface area contributed by atoms with Gasteiger partial charge in [0.2, 0.25) is 16.0 Å². The van der Waals surface area contributed by atoms with E-state index in [-0.39, 0.29) is 16.5 Å². The van der Waals surface area contributed by atoms with E-state index in [0.717, 1.165) is 17.8 Å². The number of anilines is 6. The Morgan fingerprint density at radius 1 is 0.925 bits per heavy atom. The molecule has 0 atom stereocenters. The van der Waals surface area contributed by atoms with Crippen molar-refractivity contribution in [3.63, 3.8) is 0 Å². The third-order valence-electron chi connectivity index (χ3n) is 5.26. The van der Waals surface area contributed by atoms with Crippen LogP contribution in [0.3, 0.4) is 0 Å². The van der Waals surface area contributed by atoms with Crippen LogP contribution >= 0.6 is 0 Å². The highest BCUT2D eigenvalue weighted by Gasteiger charge is 2.31. The van der Waals surface area contributed by atoms with Crippen LogP contribution < -0.4 is 30.7 Å². The molecule has 11 nitrogen and oxygen atoms in total. The number of rotatable bonds is 8. The average Bonchev–Trinajstić information content (AvgIpc) is 2.89. The summed E-state index contributed by atoms with van der Waals surface area (Å²) in [6.45, 7) is 0. The number of urea groups is 1. The summed E-state index contributed by atoms with van der Waals surface area (Å²) in [5.74, 6) is 0.349. The van der Waals surface area contributed by atoms with Crippen LogP contribution in [0.1, 0.15) is 0 Å². The van der Waals surface area contributed by atoms with E-state index in [0.29, 0.717) is 17.2 Å². The minimum atomic E-state index is -4.80. The summed E-state index contributed by atoms with van der Waals surface area (Å²) in [7, 11) is -2.09. The van der Waals surface area contributed by atoms with Gasteiger partial charge < -0.3 is 25.6 Å². The molecule has 1 aromatic heterocycles. The molecule has 5 N–H and O–H groups in total. The van der Waals surface area contributed by atoms with Gasteiger partial charge in [-0.05, 0) is 72.8 Å². The van der Waals surface area contributed by atoms with Crippen molar-refractivity contribution >= 4 is 50.6 Å². The number of hydrogen-bond acceptors (Lipinski definition) is 8. The summed E-state index contributed by atoms with van der Waals surface area (Å²) in [4.78, 5) is 22.6. The maximum absolute atomic E-state index is 12.3. The van der Waals surface area contributed by atoms with Crippen LogP contribution in [0.4, 0.5) is 52.5 Å². The maximum Gasteiger partial charge on any atom is 0.573 e. The zero-order chi connectivity index (χ0) is 28.9. The van der Waals surface area contributed by atoms with E-state index in [2.05, 4.69) is 30.7 Å². The molecule has 0 unspecified atom stereocenters. The molecule has 40 heavy (non-hydrogen) atoms. The van der Waals surface area contributed by atoms with Crippen LogP contribution in [0, 0.1) is 0 Å². The second-order valence-electron chi connectivity index (χ2n) is 8.19. The van der Waals surface area contributed by atoms with E-state index < -0.39 is 28.2 Å². The highest BCUT2D eigenvalue weighted by molar-refractivity contribution is 7.89. The van der Waals surface area contributed by atoms with E-state index >= 15 is 0 Å². The Hall–Kier alpha value is -4.89. The number of amides is 2. The Balaban J connectivity index is 1.37. The molecule has 1 heterocycles. The summed E-state index contributed by atoms with van der Waals surface area (Å²) in [6, 6.07) is 18.5. The van der Waals surface area contributed by atoms with E-state index in [4.69, 9.17) is 5.14 Å². The third-order valence-corrected chi connectivity index (χ3v) is 6.17. The molecule has 208 valence electrons. The fourth-order valence-electron chi connectivity index (χ4n) is 3.41. The van der Waals surface area contributed by atoms with Crippen LogP contribution in [-0.2, 0) is 10.0 Å². The Morgan fingerprint density at radius 3 is 2.15 bits per heavy atom. The number of primary sulfonamides is 1. The van der Waals surface area contributed by atoms with Crippen LogP contribution in [0.15, 0.2) is 90.0 Å². The van der Waals surface area contributed by atoms with Gasteiger partial charge in [-0.3, -0.25) is 0 Å². The van der Waals surface area contributed by atoms with Crippen molar-refractivity contribution in [1.29, 1.82) is 0 Å². The first-order valence-electron chi connectivity index (χ1n) is 11.4. The van der Waals surface area contributed by atoms with Crippen molar-refractivity contribution in [2.45, 2.75) is 11.3 Å². The summed E-state index contributed by atoms with van der Waals surface area (Å²) in [5, 5.41) is 13.3. The van der Waals surface area contributed by atoms with Crippen LogP contribution in [0.25, 0.3) is 0 Å². The summed E-state index contributed by atoms with van der Waals surface area (Å²) >= 11 is 0. The molecule has 15 heteroatoms. The quantitative estimate of drug-likeness (QED) is 0.225. The van der Waals surface area contributed by atoms with E-state index in [9.17, 15) is 26.4 Å². The minimum Gasteiger partial charge on any atom is -0.406 e. The highest BCUT2D eigenvalue weighted by Crippen LogP contribution is 2.26. The fourth-order valence-corrected chi connectivity index (χ4v) is 3.97. The van der Waals surface area contributed by atoms with Gasteiger partial charge in [-0.25, -0.2) is 23.3 Å². The molecule has 0 saturated heterocycles. The number of ether oxygens (including phenoxy) is 1. The molecule has 0 aliphatic rings. The zero-order valence-electron chi connectivity index (χ0n) is 20.7. The number of alkyl halides is 3. The lowest BCUT2D eigenvalue weighted by Gasteiger charge is -2.19. The van der Waals surface area contributed by atoms with Crippen molar-refractivity contribution < 1.29 is 31.1 Å². The van der Waals surface area contributed by atoms with Crippen LogP contribution in [0.2, 0.25) is 0 Å². The molecule has 0 radical (unpaired) electrons. The molecular weight excluding hydrogens is 551 g/mol. The maximum atomic E-state index is 12.3. The third kappa shape index (κ3) is 7.81. The zero-order valence-corrected chi connectivity index (χ0v) is 21.5. The lowest BCUT2D eigenvalue weighted by molar-refractivity contribution is -0.274.